The van der Waals surface area contributed by atoms with Gasteiger partial charge in [-0.05, 0) is 6.54 Å². The van der Waals surface area contributed by atoms with E-state index < -0.39 is 0 Å². The van der Waals surface area contributed by atoms with Crippen molar-refractivity contribution in [3.63, 3.8) is 0 Å². The van der Waals surface area contributed by atoms with Crippen molar-refractivity contribution < 1.29 is 0 Å². The van der Waals surface area contributed by atoms with Gasteiger partial charge in [0, 0.05) is 25.5 Å². The van der Waals surface area contributed by atoms with Crippen molar-refractivity contribution in [2.45, 2.75) is 20.0 Å². The lowest BCUT2D eigenvalue weighted by molar-refractivity contribution is 0.297. The number of hydrogen-bond donors (Lipinski definition) is 0. The summed E-state index contributed by atoms with van der Waals surface area (Å²) in [6.07, 6.45) is 3.52. The molecular weight excluding hydrogens is 138 g/mol. The van der Waals surface area contributed by atoms with Crippen LogP contribution >= 0.6 is 0 Å². The van der Waals surface area contributed by atoms with E-state index in [0.717, 1.165) is 31.0 Å². The van der Waals surface area contributed by atoms with Crippen LogP contribution in [-0.2, 0) is 13.1 Å². The zero-order valence-electron chi connectivity index (χ0n) is 6.62. The molecule has 0 bridgehead atoms. The predicted molar refractivity (Wildman–Crippen MR) is 41.8 cm³/mol. The van der Waals surface area contributed by atoms with Crippen molar-refractivity contribution >= 4 is 0 Å². The molecule has 2 rings (SSSR count). The molecule has 0 aliphatic carbocycles. The maximum Gasteiger partial charge on any atom is 0.0772 e. The highest BCUT2D eigenvalue weighted by molar-refractivity contribution is 5.14. The van der Waals surface area contributed by atoms with Gasteiger partial charge in [-0.3, -0.25) is 14.9 Å². The summed E-state index contributed by atoms with van der Waals surface area (Å²) < 4.78 is 0. The SMILES string of the molecule is CCN1Cc2nccnc2C1. The fraction of sp³-hybridized carbons (Fsp3) is 0.500. The van der Waals surface area contributed by atoms with E-state index in [-0.39, 0.29) is 0 Å². The average molecular weight is 149 g/mol. The summed E-state index contributed by atoms with van der Waals surface area (Å²) in [4.78, 5) is 10.8. The molecule has 0 N–H and O–H groups in total. The van der Waals surface area contributed by atoms with Gasteiger partial charge in [0.25, 0.3) is 0 Å². The molecule has 58 valence electrons. The first-order valence-corrected chi connectivity index (χ1v) is 3.91. The van der Waals surface area contributed by atoms with Crippen molar-refractivity contribution in [1.82, 2.24) is 14.9 Å². The maximum absolute atomic E-state index is 4.25. The molecule has 11 heavy (non-hydrogen) atoms. The van der Waals surface area contributed by atoms with E-state index in [1.165, 1.54) is 0 Å². The van der Waals surface area contributed by atoms with Gasteiger partial charge in [-0.1, -0.05) is 6.92 Å². The number of nitrogens with zero attached hydrogens (tertiary/aromatic N) is 3. The predicted octanol–water partition coefficient (Wildman–Crippen LogP) is 0.812. The lowest BCUT2D eigenvalue weighted by atomic mass is 10.4. The summed E-state index contributed by atoms with van der Waals surface area (Å²) in [6.45, 7) is 5.18. The zero-order chi connectivity index (χ0) is 7.68. The Hall–Kier alpha value is -0.960. The van der Waals surface area contributed by atoms with Crippen LogP contribution in [0.1, 0.15) is 18.3 Å². The molecule has 0 fully saturated rings. The number of aromatic nitrogens is 2. The molecule has 3 nitrogen and oxygen atoms in total. The third-order valence-electron chi connectivity index (χ3n) is 2.05. The molecule has 0 unspecified atom stereocenters. The van der Waals surface area contributed by atoms with Crippen molar-refractivity contribution in [3.05, 3.63) is 23.8 Å². The van der Waals surface area contributed by atoms with E-state index in [1.54, 1.807) is 12.4 Å². The Bertz CT molecular complexity index is 234. The van der Waals surface area contributed by atoms with E-state index in [9.17, 15) is 0 Å². The van der Waals surface area contributed by atoms with E-state index in [2.05, 4.69) is 21.8 Å². The Kier molecular flexibility index (Phi) is 1.58. The van der Waals surface area contributed by atoms with Crippen molar-refractivity contribution in [3.8, 4) is 0 Å². The lowest BCUT2D eigenvalue weighted by Crippen LogP contribution is -2.14. The molecule has 2 heterocycles. The first-order chi connectivity index (χ1) is 5.40. The fourth-order valence-electron chi connectivity index (χ4n) is 1.36. The fourth-order valence-corrected chi connectivity index (χ4v) is 1.36. The zero-order valence-corrected chi connectivity index (χ0v) is 6.62. The summed E-state index contributed by atoms with van der Waals surface area (Å²) in [5, 5.41) is 0. The van der Waals surface area contributed by atoms with Gasteiger partial charge in [-0.2, -0.15) is 0 Å². The Morgan fingerprint density at radius 3 is 2.27 bits per heavy atom. The maximum atomic E-state index is 4.25. The van der Waals surface area contributed by atoms with Gasteiger partial charge in [0.15, 0.2) is 0 Å². The molecule has 0 saturated carbocycles. The summed E-state index contributed by atoms with van der Waals surface area (Å²) in [6, 6.07) is 0. The molecule has 0 amide bonds. The van der Waals surface area contributed by atoms with Gasteiger partial charge in [0.1, 0.15) is 0 Å². The van der Waals surface area contributed by atoms with Crippen LogP contribution in [0.3, 0.4) is 0 Å². The third-order valence-corrected chi connectivity index (χ3v) is 2.05. The molecule has 0 atom stereocenters. The van der Waals surface area contributed by atoms with E-state index >= 15 is 0 Å². The second kappa shape index (κ2) is 2.58. The second-order valence-electron chi connectivity index (χ2n) is 2.75. The normalized spacial score (nSPS) is 16.8. The molecule has 0 saturated heterocycles. The Morgan fingerprint density at radius 1 is 1.27 bits per heavy atom. The first kappa shape index (κ1) is 6.73. The number of hydrogen-bond acceptors (Lipinski definition) is 3. The van der Waals surface area contributed by atoms with Crippen LogP contribution in [0, 0.1) is 0 Å². The summed E-state index contributed by atoms with van der Waals surface area (Å²) >= 11 is 0. The summed E-state index contributed by atoms with van der Waals surface area (Å²) in [7, 11) is 0. The minimum atomic E-state index is 0.972. The second-order valence-corrected chi connectivity index (χ2v) is 2.75. The van der Waals surface area contributed by atoms with Crippen LogP contribution in [0.2, 0.25) is 0 Å². The van der Waals surface area contributed by atoms with Gasteiger partial charge in [0.05, 0.1) is 11.4 Å². The quantitative estimate of drug-likeness (QED) is 0.591. The molecule has 1 aromatic heterocycles. The molecule has 3 heteroatoms. The topological polar surface area (TPSA) is 29.0 Å². The largest absolute Gasteiger partial charge is 0.292 e. The van der Waals surface area contributed by atoms with Crippen LogP contribution in [0.5, 0.6) is 0 Å². The Morgan fingerprint density at radius 2 is 1.82 bits per heavy atom. The van der Waals surface area contributed by atoms with Gasteiger partial charge in [-0.25, -0.2) is 0 Å². The van der Waals surface area contributed by atoms with E-state index in [4.69, 9.17) is 0 Å². The van der Waals surface area contributed by atoms with Gasteiger partial charge in [-0.15, -0.1) is 0 Å². The molecule has 0 spiro atoms. The van der Waals surface area contributed by atoms with E-state index in [1.807, 2.05) is 0 Å². The first-order valence-electron chi connectivity index (χ1n) is 3.91. The summed E-state index contributed by atoms with van der Waals surface area (Å²) in [5.41, 5.74) is 2.30. The highest BCUT2D eigenvalue weighted by Gasteiger charge is 2.18. The highest BCUT2D eigenvalue weighted by Crippen LogP contribution is 2.16. The van der Waals surface area contributed by atoms with Crippen LogP contribution in [0.4, 0.5) is 0 Å². The van der Waals surface area contributed by atoms with Crippen LogP contribution in [0.25, 0.3) is 0 Å². The summed E-state index contributed by atoms with van der Waals surface area (Å²) in [5.74, 6) is 0. The minimum absolute atomic E-state index is 0.972. The standard InChI is InChI=1S/C8H11N3/c1-2-11-5-7-8(6-11)10-4-3-9-7/h3-4H,2,5-6H2,1H3. The number of rotatable bonds is 1. The molecule has 1 aromatic rings. The van der Waals surface area contributed by atoms with Crippen molar-refractivity contribution in [2.24, 2.45) is 0 Å². The van der Waals surface area contributed by atoms with Gasteiger partial charge >= 0.3 is 0 Å². The van der Waals surface area contributed by atoms with Crippen LogP contribution in [-0.4, -0.2) is 21.4 Å². The van der Waals surface area contributed by atoms with Crippen LogP contribution in [0.15, 0.2) is 12.4 Å². The molecule has 1 aliphatic rings. The lowest BCUT2D eigenvalue weighted by Gasteiger charge is -2.08. The van der Waals surface area contributed by atoms with Crippen LogP contribution < -0.4 is 0 Å². The van der Waals surface area contributed by atoms with E-state index in [0.29, 0.717) is 0 Å². The Balaban J connectivity index is 2.27. The molecule has 0 aromatic carbocycles. The molecule has 0 radical (unpaired) electrons. The average Bonchev–Trinajstić information content (AvgIpc) is 2.46. The van der Waals surface area contributed by atoms with Crippen molar-refractivity contribution in [1.29, 1.82) is 0 Å². The molecule has 1 aliphatic heterocycles. The monoisotopic (exact) mass is 149 g/mol. The Labute approximate surface area is 66.1 Å². The van der Waals surface area contributed by atoms with Crippen molar-refractivity contribution in [2.75, 3.05) is 6.54 Å². The van der Waals surface area contributed by atoms with Gasteiger partial charge in [0.2, 0.25) is 0 Å². The number of fused-ring (bicyclic) bond motifs is 1. The molecular formula is C8H11N3. The smallest absolute Gasteiger partial charge is 0.0772 e. The third kappa shape index (κ3) is 1.12. The minimum Gasteiger partial charge on any atom is -0.292 e. The van der Waals surface area contributed by atoms with Gasteiger partial charge < -0.3 is 0 Å². The highest BCUT2D eigenvalue weighted by atomic mass is 15.2.